The van der Waals surface area contributed by atoms with Gasteiger partial charge in [0.2, 0.25) is 11.8 Å². The van der Waals surface area contributed by atoms with Crippen LogP contribution in [0.3, 0.4) is 0 Å². The fourth-order valence-corrected chi connectivity index (χ4v) is 2.26. The van der Waals surface area contributed by atoms with E-state index in [0.717, 1.165) is 10.0 Å². The molecular formula is C13H16BrN3O3. The first-order valence-electron chi connectivity index (χ1n) is 6.26. The van der Waals surface area contributed by atoms with Gasteiger partial charge in [-0.2, -0.15) is 0 Å². The molecule has 6 nitrogen and oxygen atoms in total. The largest absolute Gasteiger partial charge is 0.419 e. The number of aliphatic hydroxyl groups is 2. The normalized spacial score (nSPS) is 11.2. The molecule has 0 aliphatic rings. The minimum atomic E-state index is 0.0191. The molecule has 0 saturated heterocycles. The van der Waals surface area contributed by atoms with Crippen molar-refractivity contribution in [1.82, 2.24) is 15.1 Å². The second kappa shape index (κ2) is 7.49. The number of hydrogen-bond acceptors (Lipinski definition) is 6. The molecule has 108 valence electrons. The van der Waals surface area contributed by atoms with Crippen LogP contribution in [0.4, 0.5) is 0 Å². The number of rotatable bonds is 7. The average Bonchev–Trinajstić information content (AvgIpc) is 2.88. The second-order valence-electron chi connectivity index (χ2n) is 4.20. The Morgan fingerprint density at radius 3 is 2.45 bits per heavy atom. The Bertz CT molecular complexity index is 541. The molecule has 0 saturated carbocycles. The molecule has 0 unspecified atom stereocenters. The molecule has 0 spiro atoms. The fraction of sp³-hybridized carbons (Fsp3) is 0.385. The van der Waals surface area contributed by atoms with Crippen LogP contribution in [-0.2, 0) is 6.54 Å². The summed E-state index contributed by atoms with van der Waals surface area (Å²) in [6, 6.07) is 7.60. The predicted octanol–water partition coefficient (Wildman–Crippen LogP) is 1.29. The summed E-state index contributed by atoms with van der Waals surface area (Å²) in [6.07, 6.45) is 0. The van der Waals surface area contributed by atoms with E-state index in [1.165, 1.54) is 0 Å². The number of aromatic nitrogens is 2. The zero-order valence-corrected chi connectivity index (χ0v) is 12.5. The van der Waals surface area contributed by atoms with E-state index in [1.807, 2.05) is 29.2 Å². The summed E-state index contributed by atoms with van der Waals surface area (Å²) in [7, 11) is 0. The van der Waals surface area contributed by atoms with Crippen molar-refractivity contribution in [1.29, 1.82) is 0 Å². The van der Waals surface area contributed by atoms with Gasteiger partial charge in [0, 0.05) is 17.6 Å². The van der Waals surface area contributed by atoms with Gasteiger partial charge < -0.3 is 14.6 Å². The van der Waals surface area contributed by atoms with Crippen LogP contribution in [0.15, 0.2) is 33.2 Å². The lowest BCUT2D eigenvalue weighted by molar-refractivity contribution is 0.147. The molecule has 0 bridgehead atoms. The highest BCUT2D eigenvalue weighted by atomic mass is 79.9. The highest BCUT2D eigenvalue weighted by Crippen LogP contribution is 2.26. The Labute approximate surface area is 125 Å². The van der Waals surface area contributed by atoms with E-state index in [0.29, 0.717) is 31.4 Å². The molecule has 7 heteroatoms. The smallest absolute Gasteiger partial charge is 0.248 e. The van der Waals surface area contributed by atoms with Crippen LogP contribution in [0, 0.1) is 0 Å². The molecule has 20 heavy (non-hydrogen) atoms. The summed E-state index contributed by atoms with van der Waals surface area (Å²) < 4.78 is 6.50. The maximum Gasteiger partial charge on any atom is 0.248 e. The van der Waals surface area contributed by atoms with Gasteiger partial charge >= 0.3 is 0 Å². The Morgan fingerprint density at radius 2 is 1.80 bits per heavy atom. The molecule has 0 atom stereocenters. The Morgan fingerprint density at radius 1 is 1.10 bits per heavy atom. The lowest BCUT2D eigenvalue weighted by Crippen LogP contribution is -2.29. The first kappa shape index (κ1) is 15.1. The molecule has 0 amide bonds. The van der Waals surface area contributed by atoms with Crippen LogP contribution in [-0.4, -0.2) is 51.6 Å². The summed E-state index contributed by atoms with van der Waals surface area (Å²) >= 11 is 3.44. The third-order valence-electron chi connectivity index (χ3n) is 2.76. The van der Waals surface area contributed by atoms with Gasteiger partial charge in [-0.25, -0.2) is 0 Å². The molecular weight excluding hydrogens is 326 g/mol. The molecule has 0 radical (unpaired) electrons. The molecule has 2 aromatic rings. The van der Waals surface area contributed by atoms with Crippen LogP contribution in [0.1, 0.15) is 5.89 Å². The van der Waals surface area contributed by atoms with Crippen molar-refractivity contribution >= 4 is 15.9 Å². The third-order valence-corrected chi connectivity index (χ3v) is 3.45. The Kier molecular flexibility index (Phi) is 5.66. The number of halogens is 1. The predicted molar refractivity (Wildman–Crippen MR) is 76.9 cm³/mol. The van der Waals surface area contributed by atoms with Crippen LogP contribution >= 0.6 is 15.9 Å². The van der Waals surface area contributed by atoms with Crippen LogP contribution in [0.2, 0.25) is 0 Å². The van der Waals surface area contributed by atoms with Crippen molar-refractivity contribution in [2.45, 2.75) is 6.54 Å². The maximum atomic E-state index is 8.96. The van der Waals surface area contributed by atoms with E-state index in [4.69, 9.17) is 14.6 Å². The monoisotopic (exact) mass is 341 g/mol. The zero-order chi connectivity index (χ0) is 14.4. The van der Waals surface area contributed by atoms with Gasteiger partial charge in [-0.1, -0.05) is 12.1 Å². The number of hydrogen-bond donors (Lipinski definition) is 2. The minimum Gasteiger partial charge on any atom is -0.419 e. The van der Waals surface area contributed by atoms with E-state index in [-0.39, 0.29) is 13.2 Å². The molecule has 1 aromatic heterocycles. The zero-order valence-electron chi connectivity index (χ0n) is 10.9. The van der Waals surface area contributed by atoms with Crippen molar-refractivity contribution < 1.29 is 14.6 Å². The van der Waals surface area contributed by atoms with Crippen molar-refractivity contribution in [3.05, 3.63) is 34.6 Å². The van der Waals surface area contributed by atoms with E-state index in [9.17, 15) is 0 Å². The summed E-state index contributed by atoms with van der Waals surface area (Å²) in [4.78, 5) is 1.84. The fourth-order valence-electron chi connectivity index (χ4n) is 1.81. The van der Waals surface area contributed by atoms with E-state index < -0.39 is 0 Å². The Hall–Kier alpha value is -1.28. The van der Waals surface area contributed by atoms with Crippen LogP contribution in [0.5, 0.6) is 0 Å². The van der Waals surface area contributed by atoms with Gasteiger partial charge in [0.1, 0.15) is 0 Å². The van der Waals surface area contributed by atoms with Gasteiger partial charge in [0.25, 0.3) is 0 Å². The van der Waals surface area contributed by atoms with Gasteiger partial charge in [-0.05, 0) is 28.1 Å². The quantitative estimate of drug-likeness (QED) is 0.789. The number of nitrogens with zero attached hydrogens (tertiary/aromatic N) is 3. The summed E-state index contributed by atoms with van der Waals surface area (Å²) in [5, 5.41) is 25.9. The van der Waals surface area contributed by atoms with Gasteiger partial charge in [0.05, 0.1) is 25.3 Å². The molecule has 0 aliphatic heterocycles. The maximum absolute atomic E-state index is 8.96. The second-order valence-corrected chi connectivity index (χ2v) is 5.06. The third kappa shape index (κ3) is 3.86. The molecule has 0 fully saturated rings. The lowest BCUT2D eigenvalue weighted by atomic mass is 10.2. The molecule has 0 aliphatic carbocycles. The molecule has 2 rings (SSSR count). The van der Waals surface area contributed by atoms with Gasteiger partial charge in [-0.15, -0.1) is 10.2 Å². The van der Waals surface area contributed by atoms with E-state index >= 15 is 0 Å². The number of benzene rings is 1. The lowest BCUT2D eigenvalue weighted by Gasteiger charge is -2.17. The van der Waals surface area contributed by atoms with Gasteiger partial charge in [-0.3, -0.25) is 4.90 Å². The summed E-state index contributed by atoms with van der Waals surface area (Å²) in [6.45, 7) is 1.34. The van der Waals surface area contributed by atoms with Crippen LogP contribution in [0.25, 0.3) is 11.5 Å². The van der Waals surface area contributed by atoms with Crippen molar-refractivity contribution in [3.8, 4) is 11.5 Å². The highest BCUT2D eigenvalue weighted by Gasteiger charge is 2.13. The number of aliphatic hydroxyl groups excluding tert-OH is 2. The SMILES string of the molecule is OCCN(CCO)Cc1nnc(-c2ccccc2Br)o1. The average molecular weight is 342 g/mol. The summed E-state index contributed by atoms with van der Waals surface area (Å²) in [5.41, 5.74) is 0.835. The standard InChI is InChI=1S/C13H16BrN3O3/c14-11-4-2-1-3-10(11)13-16-15-12(20-13)9-17(5-7-18)6-8-19/h1-4,18-19H,5-9H2. The highest BCUT2D eigenvalue weighted by molar-refractivity contribution is 9.10. The van der Waals surface area contributed by atoms with Gasteiger partial charge in [0.15, 0.2) is 0 Å². The Balaban J connectivity index is 2.10. The van der Waals surface area contributed by atoms with Crippen molar-refractivity contribution in [3.63, 3.8) is 0 Å². The van der Waals surface area contributed by atoms with E-state index in [2.05, 4.69) is 26.1 Å². The topological polar surface area (TPSA) is 82.6 Å². The van der Waals surface area contributed by atoms with E-state index in [1.54, 1.807) is 0 Å². The molecule has 2 N–H and O–H groups in total. The minimum absolute atomic E-state index is 0.0191. The summed E-state index contributed by atoms with van der Waals surface area (Å²) in [5.74, 6) is 0.901. The van der Waals surface area contributed by atoms with Crippen LogP contribution < -0.4 is 0 Å². The van der Waals surface area contributed by atoms with Crippen molar-refractivity contribution in [2.24, 2.45) is 0 Å². The first-order valence-corrected chi connectivity index (χ1v) is 7.05. The van der Waals surface area contributed by atoms with Crippen molar-refractivity contribution in [2.75, 3.05) is 26.3 Å². The molecule has 1 aromatic carbocycles. The molecule has 1 heterocycles. The first-order chi connectivity index (χ1) is 9.74.